The Bertz CT molecular complexity index is 689. The molecule has 0 radical (unpaired) electrons. The van der Waals surface area contributed by atoms with Gasteiger partial charge in [0, 0.05) is 0 Å². The van der Waals surface area contributed by atoms with Gasteiger partial charge in [-0.3, -0.25) is 4.18 Å². The zero-order chi connectivity index (χ0) is 15.7. The molecule has 2 atom stereocenters. The summed E-state index contributed by atoms with van der Waals surface area (Å²) < 4.78 is 52.4. The van der Waals surface area contributed by atoms with Crippen LogP contribution in [0.25, 0.3) is 0 Å². The summed E-state index contributed by atoms with van der Waals surface area (Å²) in [5.74, 6) is 0.0657. The molecule has 1 aromatic rings. The van der Waals surface area contributed by atoms with E-state index in [9.17, 15) is 16.8 Å². The van der Waals surface area contributed by atoms with E-state index in [0.29, 0.717) is 12.8 Å². The molecular formula is C14H20O5S2. The van der Waals surface area contributed by atoms with Crippen molar-refractivity contribution >= 4 is 20.0 Å². The second kappa shape index (κ2) is 6.06. The fourth-order valence-electron chi connectivity index (χ4n) is 2.38. The molecule has 5 nitrogen and oxygen atoms in total. The van der Waals surface area contributed by atoms with Gasteiger partial charge in [0.15, 0.2) is 9.84 Å². The van der Waals surface area contributed by atoms with E-state index < -0.39 is 25.2 Å². The van der Waals surface area contributed by atoms with Gasteiger partial charge in [-0.1, -0.05) is 17.7 Å². The molecule has 1 saturated heterocycles. The minimum absolute atomic E-state index is 0.0378. The lowest BCUT2D eigenvalue weighted by molar-refractivity contribution is 0.236. The molecule has 21 heavy (non-hydrogen) atoms. The monoisotopic (exact) mass is 332 g/mol. The second-order valence-electron chi connectivity index (χ2n) is 5.62. The quantitative estimate of drug-likeness (QED) is 0.787. The van der Waals surface area contributed by atoms with Gasteiger partial charge < -0.3 is 0 Å². The highest BCUT2D eigenvalue weighted by Crippen LogP contribution is 2.26. The van der Waals surface area contributed by atoms with Gasteiger partial charge in [-0.2, -0.15) is 8.42 Å². The maximum atomic E-state index is 12.1. The van der Waals surface area contributed by atoms with Gasteiger partial charge in [-0.15, -0.1) is 0 Å². The lowest BCUT2D eigenvalue weighted by atomic mass is 10.0. The van der Waals surface area contributed by atoms with Crippen molar-refractivity contribution in [3.63, 3.8) is 0 Å². The van der Waals surface area contributed by atoms with Crippen molar-refractivity contribution in [2.45, 2.75) is 36.8 Å². The van der Waals surface area contributed by atoms with Gasteiger partial charge >= 0.3 is 0 Å². The number of rotatable bonds is 4. The third-order valence-electron chi connectivity index (χ3n) is 3.86. The fourth-order valence-corrected chi connectivity index (χ4v) is 4.98. The highest BCUT2D eigenvalue weighted by Gasteiger charge is 2.31. The Morgan fingerprint density at radius 3 is 2.43 bits per heavy atom. The zero-order valence-corrected chi connectivity index (χ0v) is 13.8. The minimum atomic E-state index is -3.77. The SMILES string of the molecule is Cc1ccc(S(=O)(=O)OC[C@H]2CCS(=O)(=O)[C@H](C)C2)cc1. The van der Waals surface area contributed by atoms with Crippen LogP contribution in [0, 0.1) is 12.8 Å². The van der Waals surface area contributed by atoms with Crippen molar-refractivity contribution in [3.05, 3.63) is 29.8 Å². The molecule has 0 unspecified atom stereocenters. The van der Waals surface area contributed by atoms with Crippen LogP contribution in [0.5, 0.6) is 0 Å². The summed E-state index contributed by atoms with van der Waals surface area (Å²) in [6.07, 6.45) is 0.905. The Kier molecular flexibility index (Phi) is 4.75. The van der Waals surface area contributed by atoms with Crippen molar-refractivity contribution in [1.29, 1.82) is 0 Å². The molecule has 1 aromatic carbocycles. The van der Waals surface area contributed by atoms with E-state index in [0.717, 1.165) is 5.56 Å². The van der Waals surface area contributed by atoms with Crippen molar-refractivity contribution in [2.24, 2.45) is 5.92 Å². The Morgan fingerprint density at radius 2 is 1.86 bits per heavy atom. The summed E-state index contributed by atoms with van der Waals surface area (Å²) in [4.78, 5) is 0.129. The minimum Gasteiger partial charge on any atom is -0.266 e. The normalized spacial score (nSPS) is 25.6. The van der Waals surface area contributed by atoms with Crippen LogP contribution in [0.2, 0.25) is 0 Å². The third-order valence-corrected chi connectivity index (χ3v) is 7.38. The van der Waals surface area contributed by atoms with E-state index in [-0.39, 0.29) is 23.2 Å². The Labute approximate surface area is 126 Å². The molecule has 2 rings (SSSR count). The van der Waals surface area contributed by atoms with Gasteiger partial charge in [-0.25, -0.2) is 8.42 Å². The summed E-state index contributed by atoms with van der Waals surface area (Å²) in [7, 11) is -6.78. The number of hydrogen-bond donors (Lipinski definition) is 0. The molecule has 1 aliphatic rings. The van der Waals surface area contributed by atoms with Gasteiger partial charge in [0.25, 0.3) is 10.1 Å². The van der Waals surface area contributed by atoms with Crippen LogP contribution in [0.15, 0.2) is 29.2 Å². The average Bonchev–Trinajstić information content (AvgIpc) is 2.41. The lowest BCUT2D eigenvalue weighted by Crippen LogP contribution is -2.33. The summed E-state index contributed by atoms with van der Waals surface area (Å²) in [5, 5.41) is -0.429. The van der Waals surface area contributed by atoms with Gasteiger partial charge in [0.1, 0.15) is 0 Å². The molecule has 118 valence electrons. The standard InChI is InChI=1S/C14H20O5S2/c1-11-3-5-14(6-4-11)21(17,18)19-10-13-7-8-20(15,16)12(2)9-13/h3-6,12-13H,7-10H2,1-2H3/t12-,13+/m1/s1. The molecule has 0 saturated carbocycles. The van der Waals surface area contributed by atoms with Gasteiger partial charge in [0.2, 0.25) is 0 Å². The fraction of sp³-hybridized carbons (Fsp3) is 0.571. The largest absolute Gasteiger partial charge is 0.296 e. The van der Waals surface area contributed by atoms with Crippen molar-refractivity contribution in [1.82, 2.24) is 0 Å². The zero-order valence-electron chi connectivity index (χ0n) is 12.2. The van der Waals surface area contributed by atoms with Gasteiger partial charge in [-0.05, 0) is 44.7 Å². The van der Waals surface area contributed by atoms with Crippen LogP contribution in [0.3, 0.4) is 0 Å². The molecule has 0 spiro atoms. The first-order valence-electron chi connectivity index (χ1n) is 6.88. The highest BCUT2D eigenvalue weighted by molar-refractivity contribution is 7.92. The van der Waals surface area contributed by atoms with E-state index in [1.165, 1.54) is 12.1 Å². The second-order valence-corrected chi connectivity index (χ2v) is 9.77. The maximum Gasteiger partial charge on any atom is 0.296 e. The predicted octanol–water partition coefficient (Wildman–Crippen LogP) is 1.91. The van der Waals surface area contributed by atoms with Crippen LogP contribution in [0.1, 0.15) is 25.3 Å². The first kappa shape index (κ1) is 16.5. The first-order chi connectivity index (χ1) is 9.71. The maximum absolute atomic E-state index is 12.1. The van der Waals surface area contributed by atoms with Crippen LogP contribution in [0.4, 0.5) is 0 Å². The number of sulfone groups is 1. The molecular weight excluding hydrogens is 312 g/mol. The van der Waals surface area contributed by atoms with Crippen molar-refractivity contribution < 1.29 is 21.0 Å². The summed E-state index contributed by atoms with van der Waals surface area (Å²) in [6.45, 7) is 3.58. The van der Waals surface area contributed by atoms with Crippen LogP contribution < -0.4 is 0 Å². The van der Waals surface area contributed by atoms with Crippen molar-refractivity contribution in [2.75, 3.05) is 12.4 Å². The molecule has 1 fully saturated rings. The third kappa shape index (κ3) is 4.05. The Balaban J connectivity index is 1.98. The number of hydrogen-bond acceptors (Lipinski definition) is 5. The van der Waals surface area contributed by atoms with Crippen LogP contribution in [-0.2, 0) is 24.1 Å². The summed E-state index contributed by atoms with van der Waals surface area (Å²) in [6, 6.07) is 6.45. The molecule has 7 heteroatoms. The van der Waals surface area contributed by atoms with E-state index in [1.807, 2.05) is 6.92 Å². The summed E-state index contributed by atoms with van der Waals surface area (Å²) >= 11 is 0. The summed E-state index contributed by atoms with van der Waals surface area (Å²) in [5.41, 5.74) is 0.972. The number of benzene rings is 1. The topological polar surface area (TPSA) is 77.5 Å². The van der Waals surface area contributed by atoms with E-state index in [1.54, 1.807) is 19.1 Å². The number of aryl methyl sites for hydroxylation is 1. The van der Waals surface area contributed by atoms with Crippen molar-refractivity contribution in [3.8, 4) is 0 Å². The average molecular weight is 332 g/mol. The highest BCUT2D eigenvalue weighted by atomic mass is 32.2. The molecule has 0 amide bonds. The molecule has 0 aliphatic carbocycles. The van der Waals surface area contributed by atoms with Crippen LogP contribution in [-0.4, -0.2) is 34.4 Å². The lowest BCUT2D eigenvalue weighted by Gasteiger charge is -2.26. The van der Waals surface area contributed by atoms with Gasteiger partial charge in [0.05, 0.1) is 22.5 Å². The Morgan fingerprint density at radius 1 is 1.24 bits per heavy atom. The smallest absolute Gasteiger partial charge is 0.266 e. The van der Waals surface area contributed by atoms with E-state index in [4.69, 9.17) is 4.18 Å². The van der Waals surface area contributed by atoms with E-state index >= 15 is 0 Å². The van der Waals surface area contributed by atoms with E-state index in [2.05, 4.69) is 0 Å². The molecule has 0 aromatic heterocycles. The molecule has 1 heterocycles. The molecule has 0 bridgehead atoms. The first-order valence-corrected chi connectivity index (χ1v) is 10.0. The predicted molar refractivity (Wildman–Crippen MR) is 80.3 cm³/mol. The molecule has 0 N–H and O–H groups in total. The van der Waals surface area contributed by atoms with Crippen LogP contribution >= 0.6 is 0 Å². The Hall–Kier alpha value is -0.920. The molecule has 1 aliphatic heterocycles.